The topological polar surface area (TPSA) is 121 Å². The molecule has 0 radical (unpaired) electrons. The predicted octanol–water partition coefficient (Wildman–Crippen LogP) is 3.24. The quantitative estimate of drug-likeness (QED) is 0.458. The number of thioether (sulfide) groups is 1. The van der Waals surface area contributed by atoms with Gasteiger partial charge < -0.3 is 10.2 Å². The fraction of sp³-hybridized carbons (Fsp3) is 0.217. The van der Waals surface area contributed by atoms with Crippen molar-refractivity contribution in [2.75, 3.05) is 28.9 Å². The van der Waals surface area contributed by atoms with E-state index < -0.39 is 10.0 Å². The van der Waals surface area contributed by atoms with Crippen LogP contribution >= 0.6 is 11.8 Å². The molecule has 0 aliphatic carbocycles. The second-order valence-corrected chi connectivity index (χ2v) is 10.2. The molecule has 1 fully saturated rings. The molecular weight excluding hydrogens is 474 g/mol. The zero-order valence-electron chi connectivity index (χ0n) is 18.2. The van der Waals surface area contributed by atoms with E-state index in [-0.39, 0.29) is 28.4 Å². The van der Waals surface area contributed by atoms with Crippen LogP contribution in [0.2, 0.25) is 0 Å². The monoisotopic (exact) mass is 497 g/mol. The third-order valence-electron chi connectivity index (χ3n) is 5.16. The van der Waals surface area contributed by atoms with Gasteiger partial charge in [0.1, 0.15) is 0 Å². The number of carbonyl (C=O) groups excluding carboxylic acids is 2. The third-order valence-corrected chi connectivity index (χ3v) is 7.56. The van der Waals surface area contributed by atoms with E-state index >= 15 is 0 Å². The van der Waals surface area contributed by atoms with Crippen molar-refractivity contribution in [1.82, 2.24) is 14.9 Å². The van der Waals surface area contributed by atoms with Crippen molar-refractivity contribution in [2.45, 2.75) is 22.6 Å². The summed E-state index contributed by atoms with van der Waals surface area (Å²) in [6, 6.07) is 14.4. The molecule has 3 aromatic rings. The van der Waals surface area contributed by atoms with E-state index in [2.05, 4.69) is 20.0 Å². The smallest absolute Gasteiger partial charge is 0.264 e. The maximum absolute atomic E-state index is 12.9. The molecule has 2 N–H and O–H groups in total. The molecule has 0 saturated carbocycles. The first-order valence-corrected chi connectivity index (χ1v) is 13.1. The van der Waals surface area contributed by atoms with Gasteiger partial charge in [-0.3, -0.25) is 9.59 Å². The van der Waals surface area contributed by atoms with E-state index in [1.165, 1.54) is 48.4 Å². The van der Waals surface area contributed by atoms with Crippen LogP contribution in [0.3, 0.4) is 0 Å². The molecule has 2 heterocycles. The molecule has 1 aliphatic heterocycles. The summed E-state index contributed by atoms with van der Waals surface area (Å²) in [6.07, 6.45) is 4.93. The van der Waals surface area contributed by atoms with Crippen molar-refractivity contribution in [3.8, 4) is 0 Å². The van der Waals surface area contributed by atoms with Crippen LogP contribution in [0.1, 0.15) is 23.2 Å². The number of benzene rings is 2. The van der Waals surface area contributed by atoms with Gasteiger partial charge in [0.15, 0.2) is 0 Å². The standard InChI is InChI=1S/C23H23N5O4S2/c29-21(28-14-3-4-15-28)16-33-20-7-2-1-6-19(20)22(30)26-17-8-10-18(11-9-17)34(31,32)27-23-24-12-5-13-25-23/h1-2,5-13H,3-4,14-16H2,(H,26,30)(H,24,25,27). The summed E-state index contributed by atoms with van der Waals surface area (Å²) >= 11 is 1.34. The minimum atomic E-state index is -3.87. The molecule has 2 aromatic carbocycles. The SMILES string of the molecule is O=C(Nc1ccc(S(=O)(=O)Nc2ncccn2)cc1)c1ccccc1SCC(=O)N1CCCC1. The lowest BCUT2D eigenvalue weighted by molar-refractivity contribution is -0.127. The van der Waals surface area contributed by atoms with E-state index in [0.29, 0.717) is 16.1 Å². The van der Waals surface area contributed by atoms with Gasteiger partial charge in [-0.1, -0.05) is 12.1 Å². The molecule has 0 atom stereocenters. The summed E-state index contributed by atoms with van der Waals surface area (Å²) in [5.74, 6) is -0.0287. The molecule has 4 rings (SSSR count). The van der Waals surface area contributed by atoms with Crippen LogP contribution in [0.15, 0.2) is 76.8 Å². The molecule has 1 aliphatic rings. The lowest BCUT2D eigenvalue weighted by Crippen LogP contribution is -2.29. The first-order valence-electron chi connectivity index (χ1n) is 10.6. The number of nitrogens with zero attached hydrogens (tertiary/aromatic N) is 3. The number of hydrogen-bond donors (Lipinski definition) is 2. The first kappa shape index (κ1) is 23.7. The number of aromatic nitrogens is 2. The molecule has 34 heavy (non-hydrogen) atoms. The van der Waals surface area contributed by atoms with Gasteiger partial charge in [-0.2, -0.15) is 0 Å². The molecule has 0 bridgehead atoms. The van der Waals surface area contributed by atoms with E-state index in [9.17, 15) is 18.0 Å². The molecule has 1 saturated heterocycles. The van der Waals surface area contributed by atoms with Crippen LogP contribution in [0.25, 0.3) is 0 Å². The van der Waals surface area contributed by atoms with Gasteiger partial charge in [-0.05, 0) is 55.3 Å². The summed E-state index contributed by atoms with van der Waals surface area (Å²) in [5.41, 5.74) is 0.883. The fourth-order valence-electron chi connectivity index (χ4n) is 3.42. The Labute approximate surface area is 202 Å². The highest BCUT2D eigenvalue weighted by atomic mass is 32.2. The number of rotatable bonds is 8. The Morgan fingerprint density at radius 1 is 0.941 bits per heavy atom. The lowest BCUT2D eigenvalue weighted by atomic mass is 10.2. The normalized spacial score (nSPS) is 13.5. The Morgan fingerprint density at radius 3 is 2.32 bits per heavy atom. The average Bonchev–Trinajstić information content (AvgIpc) is 3.39. The second kappa shape index (κ2) is 10.7. The van der Waals surface area contributed by atoms with Gasteiger partial charge in [0.05, 0.1) is 16.2 Å². The number of anilines is 2. The van der Waals surface area contributed by atoms with Crippen LogP contribution in [0.4, 0.5) is 11.6 Å². The van der Waals surface area contributed by atoms with Crippen LogP contribution in [-0.4, -0.2) is 53.9 Å². The van der Waals surface area contributed by atoms with Gasteiger partial charge in [-0.15, -0.1) is 11.8 Å². The highest BCUT2D eigenvalue weighted by molar-refractivity contribution is 8.00. The molecule has 11 heteroatoms. The molecule has 1 aromatic heterocycles. The Morgan fingerprint density at radius 2 is 1.62 bits per heavy atom. The Kier molecular flexibility index (Phi) is 7.43. The number of carbonyl (C=O) groups is 2. The summed E-state index contributed by atoms with van der Waals surface area (Å²) in [4.78, 5) is 35.5. The molecule has 0 spiro atoms. The number of sulfonamides is 1. The van der Waals surface area contributed by atoms with Gasteiger partial charge in [0.25, 0.3) is 15.9 Å². The number of nitrogens with one attached hydrogen (secondary N) is 2. The van der Waals surface area contributed by atoms with Crippen molar-refractivity contribution in [2.24, 2.45) is 0 Å². The Hall–Kier alpha value is -3.44. The summed E-state index contributed by atoms with van der Waals surface area (Å²) in [6.45, 7) is 1.59. The fourth-order valence-corrected chi connectivity index (χ4v) is 5.33. The van der Waals surface area contributed by atoms with E-state index in [4.69, 9.17) is 0 Å². The van der Waals surface area contributed by atoms with Crippen molar-refractivity contribution >= 4 is 45.2 Å². The highest BCUT2D eigenvalue weighted by Gasteiger charge is 2.20. The van der Waals surface area contributed by atoms with Gasteiger partial charge in [-0.25, -0.2) is 23.1 Å². The van der Waals surface area contributed by atoms with Crippen LogP contribution in [0.5, 0.6) is 0 Å². The van der Waals surface area contributed by atoms with Crippen LogP contribution in [-0.2, 0) is 14.8 Å². The van der Waals surface area contributed by atoms with Crippen molar-refractivity contribution in [3.05, 3.63) is 72.6 Å². The molecule has 176 valence electrons. The summed E-state index contributed by atoms with van der Waals surface area (Å²) in [5, 5.41) is 2.78. The van der Waals surface area contributed by atoms with Gasteiger partial charge in [0, 0.05) is 36.1 Å². The number of likely N-dealkylation sites (tertiary alicyclic amines) is 1. The Bertz CT molecular complexity index is 1260. The van der Waals surface area contributed by atoms with E-state index in [1.54, 1.807) is 18.2 Å². The van der Waals surface area contributed by atoms with Gasteiger partial charge in [0.2, 0.25) is 11.9 Å². The van der Waals surface area contributed by atoms with E-state index in [1.807, 2.05) is 17.0 Å². The minimum Gasteiger partial charge on any atom is -0.342 e. The molecule has 0 unspecified atom stereocenters. The average molecular weight is 498 g/mol. The van der Waals surface area contributed by atoms with Crippen molar-refractivity contribution < 1.29 is 18.0 Å². The highest BCUT2D eigenvalue weighted by Crippen LogP contribution is 2.25. The zero-order chi connectivity index (χ0) is 24.0. The predicted molar refractivity (Wildman–Crippen MR) is 130 cm³/mol. The minimum absolute atomic E-state index is 0.00864. The Balaban J connectivity index is 1.40. The van der Waals surface area contributed by atoms with Crippen molar-refractivity contribution in [3.63, 3.8) is 0 Å². The summed E-state index contributed by atoms with van der Waals surface area (Å²) < 4.78 is 27.3. The third kappa shape index (κ3) is 5.91. The van der Waals surface area contributed by atoms with Crippen molar-refractivity contribution in [1.29, 1.82) is 0 Å². The molecule has 2 amide bonds. The maximum atomic E-state index is 12.9. The van der Waals surface area contributed by atoms with Crippen LogP contribution in [0, 0.1) is 0 Å². The zero-order valence-corrected chi connectivity index (χ0v) is 19.8. The van der Waals surface area contributed by atoms with Crippen LogP contribution < -0.4 is 10.0 Å². The lowest BCUT2D eigenvalue weighted by Gasteiger charge is -2.15. The first-order chi connectivity index (χ1) is 16.4. The summed E-state index contributed by atoms with van der Waals surface area (Å²) in [7, 11) is -3.87. The largest absolute Gasteiger partial charge is 0.342 e. The molecular formula is C23H23N5O4S2. The van der Waals surface area contributed by atoms with E-state index in [0.717, 1.165) is 25.9 Å². The number of amides is 2. The maximum Gasteiger partial charge on any atom is 0.264 e. The second-order valence-electron chi connectivity index (χ2n) is 7.53. The van der Waals surface area contributed by atoms with Gasteiger partial charge >= 0.3 is 0 Å². The number of hydrogen-bond acceptors (Lipinski definition) is 7. The molecule has 9 nitrogen and oxygen atoms in total.